The van der Waals surface area contributed by atoms with Crippen LogP contribution in [0.2, 0.25) is 0 Å². The van der Waals surface area contributed by atoms with Crippen molar-refractivity contribution in [1.82, 2.24) is 5.32 Å². The molecule has 0 aliphatic carbocycles. The van der Waals surface area contributed by atoms with Crippen LogP contribution < -0.4 is 5.32 Å². The quantitative estimate of drug-likeness (QED) is 0.694. The van der Waals surface area contributed by atoms with Gasteiger partial charge in [-0.25, -0.2) is 4.39 Å². The Labute approximate surface area is 118 Å². The summed E-state index contributed by atoms with van der Waals surface area (Å²) in [5, 5.41) is 3.47. The zero-order chi connectivity index (χ0) is 13.4. The van der Waals surface area contributed by atoms with E-state index in [1.165, 1.54) is 18.9 Å². The molecule has 0 amide bonds. The van der Waals surface area contributed by atoms with Gasteiger partial charge in [-0.05, 0) is 62.0 Å². The van der Waals surface area contributed by atoms with Gasteiger partial charge in [-0.15, -0.1) is 0 Å². The zero-order valence-electron chi connectivity index (χ0n) is 11.3. The van der Waals surface area contributed by atoms with Crippen molar-refractivity contribution in [1.29, 1.82) is 0 Å². The van der Waals surface area contributed by atoms with Crippen LogP contribution >= 0.6 is 15.9 Å². The summed E-state index contributed by atoms with van der Waals surface area (Å²) >= 11 is 3.50. The van der Waals surface area contributed by atoms with E-state index in [2.05, 4.69) is 35.1 Å². The molecule has 0 heterocycles. The number of hydrogen-bond donors (Lipinski definition) is 1. The van der Waals surface area contributed by atoms with Gasteiger partial charge in [-0.2, -0.15) is 0 Å². The summed E-state index contributed by atoms with van der Waals surface area (Å²) in [4.78, 5) is 0. The maximum atomic E-state index is 13.3. The standard InChI is InChI=1S/C15H23BrFN/c1-3-5-12(11-18-8-4-2)9-13-10-14(17)6-7-15(13)16/h6-7,10,12,18H,3-5,8-9,11H2,1-2H3. The molecule has 0 saturated heterocycles. The minimum atomic E-state index is -0.148. The van der Waals surface area contributed by atoms with Crippen molar-refractivity contribution in [2.75, 3.05) is 13.1 Å². The van der Waals surface area contributed by atoms with Gasteiger partial charge < -0.3 is 5.32 Å². The Morgan fingerprint density at radius 3 is 2.72 bits per heavy atom. The van der Waals surface area contributed by atoms with Crippen LogP contribution in [-0.2, 0) is 6.42 Å². The summed E-state index contributed by atoms with van der Waals surface area (Å²) in [7, 11) is 0. The zero-order valence-corrected chi connectivity index (χ0v) is 12.9. The average Bonchev–Trinajstić information content (AvgIpc) is 2.34. The third-order valence-corrected chi connectivity index (χ3v) is 3.85. The van der Waals surface area contributed by atoms with E-state index in [9.17, 15) is 4.39 Å². The van der Waals surface area contributed by atoms with Crippen LogP contribution in [0.25, 0.3) is 0 Å². The molecule has 1 aromatic carbocycles. The summed E-state index contributed by atoms with van der Waals surface area (Å²) in [6.07, 6.45) is 4.44. The van der Waals surface area contributed by atoms with Crippen molar-refractivity contribution >= 4 is 15.9 Å². The minimum absolute atomic E-state index is 0.148. The molecule has 0 saturated carbocycles. The molecule has 102 valence electrons. The van der Waals surface area contributed by atoms with Crippen molar-refractivity contribution in [2.24, 2.45) is 5.92 Å². The molecule has 18 heavy (non-hydrogen) atoms. The number of halogens is 2. The molecule has 0 aliphatic rings. The molecule has 1 atom stereocenters. The Hall–Kier alpha value is -0.410. The van der Waals surface area contributed by atoms with Crippen LogP contribution in [0.4, 0.5) is 4.39 Å². The topological polar surface area (TPSA) is 12.0 Å². The Kier molecular flexibility index (Phi) is 7.52. The molecule has 1 unspecified atom stereocenters. The Morgan fingerprint density at radius 1 is 1.28 bits per heavy atom. The predicted molar refractivity (Wildman–Crippen MR) is 79.4 cm³/mol. The third kappa shape index (κ3) is 5.49. The van der Waals surface area contributed by atoms with Crippen LogP contribution in [0.15, 0.2) is 22.7 Å². The summed E-state index contributed by atoms with van der Waals surface area (Å²) in [6.45, 7) is 6.45. The van der Waals surface area contributed by atoms with Gasteiger partial charge in [0.05, 0.1) is 0 Å². The summed E-state index contributed by atoms with van der Waals surface area (Å²) in [5.74, 6) is 0.435. The number of hydrogen-bond acceptors (Lipinski definition) is 1. The Bertz CT molecular complexity index is 354. The van der Waals surface area contributed by atoms with Crippen LogP contribution in [0.5, 0.6) is 0 Å². The summed E-state index contributed by atoms with van der Waals surface area (Å²) < 4.78 is 14.3. The van der Waals surface area contributed by atoms with Crippen LogP contribution in [0, 0.1) is 11.7 Å². The van der Waals surface area contributed by atoms with Crippen molar-refractivity contribution in [2.45, 2.75) is 39.5 Å². The van der Waals surface area contributed by atoms with Gasteiger partial charge in [0.1, 0.15) is 5.82 Å². The van der Waals surface area contributed by atoms with Gasteiger partial charge in [0.15, 0.2) is 0 Å². The molecule has 0 aliphatic heterocycles. The predicted octanol–water partition coefficient (Wildman–Crippen LogP) is 4.55. The first kappa shape index (κ1) is 15.6. The highest BCUT2D eigenvalue weighted by molar-refractivity contribution is 9.10. The summed E-state index contributed by atoms with van der Waals surface area (Å²) in [5.41, 5.74) is 1.08. The van der Waals surface area contributed by atoms with Gasteiger partial charge in [0.2, 0.25) is 0 Å². The molecular formula is C15H23BrFN. The second-order valence-corrected chi connectivity index (χ2v) is 5.65. The van der Waals surface area contributed by atoms with Crippen molar-refractivity contribution in [3.63, 3.8) is 0 Å². The number of nitrogens with one attached hydrogen (secondary N) is 1. The first-order chi connectivity index (χ1) is 8.67. The smallest absolute Gasteiger partial charge is 0.123 e. The lowest BCUT2D eigenvalue weighted by Crippen LogP contribution is -2.25. The highest BCUT2D eigenvalue weighted by Crippen LogP contribution is 2.22. The van der Waals surface area contributed by atoms with Crippen LogP contribution in [0.3, 0.4) is 0 Å². The monoisotopic (exact) mass is 315 g/mol. The van der Waals surface area contributed by atoms with Gasteiger partial charge in [-0.3, -0.25) is 0 Å². The first-order valence-corrected chi connectivity index (χ1v) is 7.61. The highest BCUT2D eigenvalue weighted by Gasteiger charge is 2.11. The van der Waals surface area contributed by atoms with E-state index in [0.29, 0.717) is 5.92 Å². The lowest BCUT2D eigenvalue weighted by molar-refractivity contribution is 0.437. The number of benzene rings is 1. The van der Waals surface area contributed by atoms with Gasteiger partial charge in [0, 0.05) is 4.47 Å². The maximum Gasteiger partial charge on any atom is 0.123 e. The molecule has 0 bridgehead atoms. The molecule has 0 fully saturated rings. The molecule has 1 N–H and O–H groups in total. The molecular weight excluding hydrogens is 293 g/mol. The fourth-order valence-corrected chi connectivity index (χ4v) is 2.59. The second-order valence-electron chi connectivity index (χ2n) is 4.80. The number of rotatable bonds is 8. The van der Waals surface area contributed by atoms with E-state index in [1.54, 1.807) is 12.1 Å². The molecule has 1 nitrogen and oxygen atoms in total. The van der Waals surface area contributed by atoms with E-state index in [4.69, 9.17) is 0 Å². The first-order valence-electron chi connectivity index (χ1n) is 6.82. The molecule has 1 aromatic rings. The SMILES string of the molecule is CCCNCC(CCC)Cc1cc(F)ccc1Br. The molecule has 1 rings (SSSR count). The van der Waals surface area contributed by atoms with Gasteiger partial charge in [-0.1, -0.05) is 36.2 Å². The van der Waals surface area contributed by atoms with E-state index in [-0.39, 0.29) is 5.82 Å². The lowest BCUT2D eigenvalue weighted by Gasteiger charge is -2.17. The maximum absolute atomic E-state index is 13.3. The van der Waals surface area contributed by atoms with Gasteiger partial charge in [0.25, 0.3) is 0 Å². The largest absolute Gasteiger partial charge is 0.316 e. The third-order valence-electron chi connectivity index (χ3n) is 3.07. The fraction of sp³-hybridized carbons (Fsp3) is 0.600. The minimum Gasteiger partial charge on any atom is -0.316 e. The normalized spacial score (nSPS) is 12.7. The summed E-state index contributed by atoms with van der Waals surface area (Å²) in [6, 6.07) is 4.94. The van der Waals surface area contributed by atoms with Crippen molar-refractivity contribution in [3.8, 4) is 0 Å². The second kappa shape index (κ2) is 8.65. The molecule has 0 aromatic heterocycles. The van der Waals surface area contributed by atoms with Crippen LogP contribution in [-0.4, -0.2) is 13.1 Å². The van der Waals surface area contributed by atoms with E-state index < -0.39 is 0 Å². The van der Waals surface area contributed by atoms with Crippen molar-refractivity contribution < 1.29 is 4.39 Å². The van der Waals surface area contributed by atoms with E-state index >= 15 is 0 Å². The van der Waals surface area contributed by atoms with Crippen LogP contribution in [0.1, 0.15) is 38.7 Å². The fourth-order valence-electron chi connectivity index (χ4n) is 2.18. The van der Waals surface area contributed by atoms with Gasteiger partial charge >= 0.3 is 0 Å². The van der Waals surface area contributed by atoms with Crippen molar-refractivity contribution in [3.05, 3.63) is 34.1 Å². The molecule has 3 heteroatoms. The van der Waals surface area contributed by atoms with E-state index in [0.717, 1.165) is 36.0 Å². The Morgan fingerprint density at radius 2 is 2.06 bits per heavy atom. The average molecular weight is 316 g/mol. The highest BCUT2D eigenvalue weighted by atomic mass is 79.9. The Balaban J connectivity index is 2.60. The van der Waals surface area contributed by atoms with E-state index in [1.807, 2.05) is 0 Å². The molecule has 0 radical (unpaired) electrons. The lowest BCUT2D eigenvalue weighted by atomic mass is 9.95. The molecule has 0 spiro atoms.